The van der Waals surface area contributed by atoms with Crippen molar-refractivity contribution in [2.45, 2.75) is 39.3 Å². The maximum atomic E-state index is 4.92. The number of hydrogen-bond donors (Lipinski definition) is 1. The monoisotopic (exact) mass is 249 g/mol. The Bertz CT molecular complexity index is 451. The largest absolute Gasteiger partial charge is 0.340 e. The van der Waals surface area contributed by atoms with E-state index in [2.05, 4.69) is 34.4 Å². The molecule has 18 heavy (non-hydrogen) atoms. The third kappa shape index (κ3) is 3.40. The lowest BCUT2D eigenvalue weighted by Gasteiger charge is -2.08. The van der Waals surface area contributed by atoms with Crippen molar-refractivity contribution >= 4 is 0 Å². The Labute approximate surface area is 106 Å². The molecule has 0 aliphatic carbocycles. The summed E-state index contributed by atoms with van der Waals surface area (Å²) >= 11 is 0. The molecule has 2 aromatic rings. The lowest BCUT2D eigenvalue weighted by Crippen LogP contribution is -2.17. The van der Waals surface area contributed by atoms with E-state index in [-0.39, 0.29) is 0 Å². The zero-order valence-electron chi connectivity index (χ0n) is 10.8. The van der Waals surface area contributed by atoms with Crippen molar-refractivity contribution in [3.63, 3.8) is 0 Å². The standard InChI is InChI=1S/C12H19N5O/c1-3-10(2)17-7-5-11(16-17)8-13-6-4-12-14-9-15-18-12/h5,7,9-10,13H,3-4,6,8H2,1-2H3. The Kier molecular flexibility index (Phi) is 4.46. The molecule has 0 aromatic carbocycles. The van der Waals surface area contributed by atoms with Gasteiger partial charge in [-0.05, 0) is 19.4 Å². The third-order valence-electron chi connectivity index (χ3n) is 2.93. The van der Waals surface area contributed by atoms with E-state index in [1.807, 2.05) is 16.9 Å². The molecular weight excluding hydrogens is 230 g/mol. The van der Waals surface area contributed by atoms with E-state index in [1.54, 1.807) is 0 Å². The summed E-state index contributed by atoms with van der Waals surface area (Å²) in [7, 11) is 0. The maximum absolute atomic E-state index is 4.92. The van der Waals surface area contributed by atoms with Crippen molar-refractivity contribution in [3.05, 3.63) is 30.2 Å². The Morgan fingerprint density at radius 2 is 2.39 bits per heavy atom. The van der Waals surface area contributed by atoms with Crippen LogP contribution in [0, 0.1) is 0 Å². The van der Waals surface area contributed by atoms with Gasteiger partial charge in [0, 0.05) is 31.7 Å². The molecule has 0 radical (unpaired) electrons. The summed E-state index contributed by atoms with van der Waals surface area (Å²) in [5.41, 5.74) is 1.06. The smallest absolute Gasteiger partial charge is 0.227 e. The summed E-state index contributed by atoms with van der Waals surface area (Å²) < 4.78 is 6.92. The molecule has 2 rings (SSSR count). The number of rotatable bonds is 7. The normalized spacial score (nSPS) is 12.8. The van der Waals surface area contributed by atoms with E-state index >= 15 is 0 Å². The van der Waals surface area contributed by atoms with Crippen LogP contribution >= 0.6 is 0 Å². The summed E-state index contributed by atoms with van der Waals surface area (Å²) in [4.78, 5) is 3.96. The third-order valence-corrected chi connectivity index (χ3v) is 2.93. The first-order chi connectivity index (χ1) is 8.79. The molecule has 98 valence electrons. The Balaban J connectivity index is 1.71. The topological polar surface area (TPSA) is 68.8 Å². The van der Waals surface area contributed by atoms with Gasteiger partial charge in [-0.2, -0.15) is 10.1 Å². The van der Waals surface area contributed by atoms with Gasteiger partial charge >= 0.3 is 0 Å². The van der Waals surface area contributed by atoms with Crippen LogP contribution in [0.25, 0.3) is 0 Å². The summed E-state index contributed by atoms with van der Waals surface area (Å²) in [6.45, 7) is 5.89. The zero-order chi connectivity index (χ0) is 12.8. The molecule has 0 saturated heterocycles. The molecule has 0 aliphatic rings. The first-order valence-electron chi connectivity index (χ1n) is 6.30. The van der Waals surface area contributed by atoms with E-state index in [0.717, 1.165) is 31.6 Å². The van der Waals surface area contributed by atoms with Crippen LogP contribution < -0.4 is 5.32 Å². The molecule has 1 N–H and O–H groups in total. The van der Waals surface area contributed by atoms with E-state index in [1.165, 1.54) is 6.33 Å². The van der Waals surface area contributed by atoms with Crippen molar-refractivity contribution in [1.82, 2.24) is 25.2 Å². The molecule has 0 bridgehead atoms. The highest BCUT2D eigenvalue weighted by molar-refractivity contribution is 4.99. The van der Waals surface area contributed by atoms with Crippen molar-refractivity contribution in [1.29, 1.82) is 0 Å². The minimum Gasteiger partial charge on any atom is -0.340 e. The van der Waals surface area contributed by atoms with Gasteiger partial charge in [-0.3, -0.25) is 4.68 Å². The van der Waals surface area contributed by atoms with Crippen LogP contribution in [-0.2, 0) is 13.0 Å². The predicted octanol–water partition coefficient (Wildman–Crippen LogP) is 1.57. The first kappa shape index (κ1) is 12.8. The second-order valence-electron chi connectivity index (χ2n) is 4.31. The second-order valence-corrected chi connectivity index (χ2v) is 4.31. The molecule has 6 nitrogen and oxygen atoms in total. The van der Waals surface area contributed by atoms with E-state index in [0.29, 0.717) is 11.9 Å². The van der Waals surface area contributed by atoms with Gasteiger partial charge in [0.1, 0.15) is 0 Å². The number of aromatic nitrogens is 4. The number of nitrogens with one attached hydrogen (secondary N) is 1. The van der Waals surface area contributed by atoms with Crippen LogP contribution in [0.2, 0.25) is 0 Å². The number of nitrogens with zero attached hydrogens (tertiary/aromatic N) is 4. The van der Waals surface area contributed by atoms with Gasteiger partial charge in [0.05, 0.1) is 5.69 Å². The summed E-state index contributed by atoms with van der Waals surface area (Å²) in [5.74, 6) is 0.660. The Morgan fingerprint density at radius 1 is 1.50 bits per heavy atom. The minimum absolute atomic E-state index is 0.456. The van der Waals surface area contributed by atoms with Crippen LogP contribution in [0.4, 0.5) is 0 Å². The highest BCUT2D eigenvalue weighted by atomic mass is 16.5. The highest BCUT2D eigenvalue weighted by Gasteiger charge is 2.04. The molecule has 2 heterocycles. The van der Waals surface area contributed by atoms with E-state index in [4.69, 9.17) is 4.52 Å². The lowest BCUT2D eigenvalue weighted by atomic mass is 10.3. The van der Waals surface area contributed by atoms with Gasteiger partial charge in [-0.15, -0.1) is 0 Å². The average molecular weight is 249 g/mol. The summed E-state index contributed by atoms with van der Waals surface area (Å²) in [5, 5.41) is 11.4. The Hall–Kier alpha value is -1.69. The van der Waals surface area contributed by atoms with Gasteiger partial charge in [-0.1, -0.05) is 12.1 Å². The van der Waals surface area contributed by atoms with Crippen LogP contribution in [0.3, 0.4) is 0 Å². The zero-order valence-corrected chi connectivity index (χ0v) is 10.8. The SMILES string of the molecule is CCC(C)n1ccc(CNCCc2ncno2)n1. The molecule has 0 aliphatic heterocycles. The Morgan fingerprint density at radius 3 is 3.11 bits per heavy atom. The quantitative estimate of drug-likeness (QED) is 0.754. The predicted molar refractivity (Wildman–Crippen MR) is 66.9 cm³/mol. The fraction of sp³-hybridized carbons (Fsp3) is 0.583. The van der Waals surface area contributed by atoms with E-state index < -0.39 is 0 Å². The minimum atomic E-state index is 0.456. The van der Waals surface area contributed by atoms with Crippen LogP contribution in [0.1, 0.15) is 37.9 Å². The highest BCUT2D eigenvalue weighted by Crippen LogP contribution is 2.08. The molecular formula is C12H19N5O. The molecule has 0 spiro atoms. The van der Waals surface area contributed by atoms with Crippen molar-refractivity contribution < 1.29 is 4.52 Å². The lowest BCUT2D eigenvalue weighted by molar-refractivity contribution is 0.374. The van der Waals surface area contributed by atoms with Crippen molar-refractivity contribution in [3.8, 4) is 0 Å². The summed E-state index contributed by atoms with van der Waals surface area (Å²) in [6.07, 6.45) is 5.28. The fourth-order valence-electron chi connectivity index (χ4n) is 1.62. The first-order valence-corrected chi connectivity index (χ1v) is 6.30. The molecule has 1 atom stereocenters. The second kappa shape index (κ2) is 6.30. The van der Waals surface area contributed by atoms with Gasteiger partial charge in [0.25, 0.3) is 0 Å². The number of hydrogen-bond acceptors (Lipinski definition) is 5. The fourth-order valence-corrected chi connectivity index (χ4v) is 1.62. The average Bonchev–Trinajstić information content (AvgIpc) is 3.05. The molecule has 1 unspecified atom stereocenters. The van der Waals surface area contributed by atoms with Crippen molar-refractivity contribution in [2.24, 2.45) is 0 Å². The molecule has 0 saturated carbocycles. The molecule has 0 fully saturated rings. The van der Waals surface area contributed by atoms with Gasteiger partial charge < -0.3 is 9.84 Å². The molecule has 6 heteroatoms. The van der Waals surface area contributed by atoms with Gasteiger partial charge in [0.15, 0.2) is 6.33 Å². The van der Waals surface area contributed by atoms with Crippen LogP contribution in [0.15, 0.2) is 23.1 Å². The molecule has 2 aromatic heterocycles. The molecule has 0 amide bonds. The van der Waals surface area contributed by atoms with Crippen molar-refractivity contribution in [2.75, 3.05) is 6.54 Å². The maximum Gasteiger partial charge on any atom is 0.227 e. The van der Waals surface area contributed by atoms with Crippen LogP contribution in [0.5, 0.6) is 0 Å². The van der Waals surface area contributed by atoms with Gasteiger partial charge in [-0.25, -0.2) is 0 Å². The van der Waals surface area contributed by atoms with Crippen LogP contribution in [-0.4, -0.2) is 26.5 Å². The summed E-state index contributed by atoms with van der Waals surface area (Å²) in [6, 6.07) is 2.50. The van der Waals surface area contributed by atoms with Gasteiger partial charge in [0.2, 0.25) is 5.89 Å². The van der Waals surface area contributed by atoms with E-state index in [9.17, 15) is 0 Å².